The molecular weight excluding hydrogens is 268 g/mol. The molecule has 0 aromatic carbocycles. The van der Waals surface area contributed by atoms with E-state index in [9.17, 15) is 9.59 Å². The minimum absolute atomic E-state index is 0.222. The van der Waals surface area contributed by atoms with Gasteiger partial charge in [-0.1, -0.05) is 15.9 Å². The summed E-state index contributed by atoms with van der Waals surface area (Å²) in [5, 5.41) is 2.35. The molecule has 1 aromatic rings. The molecule has 0 unspecified atom stereocenters. The Morgan fingerprint density at radius 2 is 2.29 bits per heavy atom. The van der Waals surface area contributed by atoms with Gasteiger partial charge in [0.25, 0.3) is 5.78 Å². The second-order valence-corrected chi connectivity index (χ2v) is 3.94. The highest BCUT2D eigenvalue weighted by Crippen LogP contribution is 2.20. The van der Waals surface area contributed by atoms with Gasteiger partial charge in [-0.05, 0) is 23.9 Å². The summed E-state index contributed by atoms with van der Waals surface area (Å²) in [7, 11) is 0. The molecule has 1 heterocycles. The molecule has 3 nitrogen and oxygen atoms in total. The normalized spacial score (nSPS) is 9.86. The molecule has 1 aromatic heterocycles. The number of rotatable bonds is 4. The van der Waals surface area contributed by atoms with Crippen LogP contribution in [-0.4, -0.2) is 18.4 Å². The molecule has 0 aliphatic carbocycles. The average Bonchev–Trinajstić information content (AvgIpc) is 2.64. The zero-order chi connectivity index (χ0) is 10.6. The molecule has 0 saturated carbocycles. The van der Waals surface area contributed by atoms with E-state index in [-0.39, 0.29) is 6.61 Å². The maximum Gasteiger partial charge on any atom is 0.380 e. The zero-order valence-corrected chi connectivity index (χ0v) is 9.98. The van der Waals surface area contributed by atoms with Crippen LogP contribution in [0.25, 0.3) is 0 Å². The first-order chi connectivity index (χ1) is 6.70. The van der Waals surface area contributed by atoms with Crippen LogP contribution in [0.5, 0.6) is 0 Å². The fourth-order valence-electron chi connectivity index (χ4n) is 0.929. The average molecular weight is 277 g/mol. The van der Waals surface area contributed by atoms with Crippen molar-refractivity contribution < 1.29 is 14.3 Å². The van der Waals surface area contributed by atoms with Gasteiger partial charge in [-0.25, -0.2) is 4.79 Å². The van der Waals surface area contributed by atoms with Gasteiger partial charge in [0, 0.05) is 5.33 Å². The lowest BCUT2D eigenvalue weighted by atomic mass is 10.2. The van der Waals surface area contributed by atoms with Crippen LogP contribution in [0.3, 0.4) is 0 Å². The molecule has 5 heteroatoms. The Hall–Kier alpha value is -0.680. The van der Waals surface area contributed by atoms with Gasteiger partial charge < -0.3 is 4.74 Å². The SMILES string of the molecule is CCOC(=O)C(=O)c1sccc1CBr. The smallest absolute Gasteiger partial charge is 0.380 e. The summed E-state index contributed by atoms with van der Waals surface area (Å²) in [6.07, 6.45) is 0. The summed E-state index contributed by atoms with van der Waals surface area (Å²) in [5.41, 5.74) is 0.827. The highest BCUT2D eigenvalue weighted by Gasteiger charge is 2.21. The van der Waals surface area contributed by atoms with E-state index in [0.29, 0.717) is 10.2 Å². The number of carbonyl (C=O) groups is 2. The summed E-state index contributed by atoms with van der Waals surface area (Å²) < 4.78 is 4.63. The van der Waals surface area contributed by atoms with E-state index in [4.69, 9.17) is 0 Å². The molecular formula is C9H9BrO3S. The van der Waals surface area contributed by atoms with Gasteiger partial charge in [0.1, 0.15) is 0 Å². The lowest BCUT2D eigenvalue weighted by Gasteiger charge is -2.00. The van der Waals surface area contributed by atoms with Crippen LogP contribution in [0, 0.1) is 0 Å². The van der Waals surface area contributed by atoms with Crippen LogP contribution in [0.1, 0.15) is 22.2 Å². The van der Waals surface area contributed by atoms with Crippen LogP contribution < -0.4 is 0 Å². The predicted octanol–water partition coefficient (Wildman–Crippen LogP) is 2.39. The number of hydrogen-bond donors (Lipinski definition) is 0. The fraction of sp³-hybridized carbons (Fsp3) is 0.333. The maximum atomic E-state index is 11.5. The Labute approximate surface area is 94.2 Å². The van der Waals surface area contributed by atoms with Crippen molar-refractivity contribution in [2.24, 2.45) is 0 Å². The molecule has 0 N–H and O–H groups in total. The largest absolute Gasteiger partial charge is 0.460 e. The second-order valence-electron chi connectivity index (χ2n) is 2.46. The van der Waals surface area contributed by atoms with Crippen molar-refractivity contribution in [2.75, 3.05) is 6.61 Å². The molecule has 0 saturated heterocycles. The summed E-state index contributed by atoms with van der Waals surface area (Å²) in [6.45, 7) is 1.89. The van der Waals surface area contributed by atoms with Gasteiger partial charge in [0.05, 0.1) is 11.5 Å². The summed E-state index contributed by atoms with van der Waals surface area (Å²) >= 11 is 4.50. The molecule has 0 aliphatic heterocycles. The molecule has 0 amide bonds. The van der Waals surface area contributed by atoms with Gasteiger partial charge in [-0.3, -0.25) is 4.79 Å². The monoisotopic (exact) mass is 276 g/mol. The number of ketones is 1. The second kappa shape index (κ2) is 5.26. The minimum Gasteiger partial charge on any atom is -0.460 e. The van der Waals surface area contributed by atoms with Crippen molar-refractivity contribution in [2.45, 2.75) is 12.3 Å². The minimum atomic E-state index is -0.780. The number of Topliss-reactive ketones (excluding diaryl/α,β-unsaturated/α-hetero) is 1. The quantitative estimate of drug-likeness (QED) is 0.367. The van der Waals surface area contributed by atoms with Crippen LogP contribution in [-0.2, 0) is 14.9 Å². The number of hydrogen-bond acceptors (Lipinski definition) is 4. The topological polar surface area (TPSA) is 43.4 Å². The van der Waals surface area contributed by atoms with Crippen LogP contribution in [0.4, 0.5) is 0 Å². The van der Waals surface area contributed by atoms with E-state index in [1.54, 1.807) is 12.3 Å². The standard InChI is InChI=1S/C9H9BrO3S/c1-2-13-9(12)7(11)8-6(5-10)3-4-14-8/h3-4H,2,5H2,1H3. The van der Waals surface area contributed by atoms with Crippen molar-refractivity contribution in [1.82, 2.24) is 0 Å². The van der Waals surface area contributed by atoms with Gasteiger partial charge in [-0.2, -0.15) is 0 Å². The molecule has 14 heavy (non-hydrogen) atoms. The number of esters is 1. The first kappa shape index (κ1) is 11.4. The fourth-order valence-corrected chi connectivity index (χ4v) is 2.43. The lowest BCUT2D eigenvalue weighted by molar-refractivity contribution is -0.137. The molecule has 0 aliphatic rings. The number of ether oxygens (including phenoxy) is 1. The lowest BCUT2D eigenvalue weighted by Crippen LogP contribution is -2.17. The summed E-state index contributed by atoms with van der Waals surface area (Å²) in [5.74, 6) is -1.34. The highest BCUT2D eigenvalue weighted by atomic mass is 79.9. The third-order valence-electron chi connectivity index (χ3n) is 1.56. The maximum absolute atomic E-state index is 11.5. The molecule has 1 rings (SSSR count). The Kier molecular flexibility index (Phi) is 4.28. The Morgan fingerprint density at radius 3 is 2.86 bits per heavy atom. The van der Waals surface area contributed by atoms with Crippen molar-refractivity contribution in [3.8, 4) is 0 Å². The highest BCUT2D eigenvalue weighted by molar-refractivity contribution is 9.08. The van der Waals surface area contributed by atoms with Crippen molar-refractivity contribution >= 4 is 39.0 Å². The van der Waals surface area contributed by atoms with E-state index >= 15 is 0 Å². The molecule has 0 radical (unpaired) electrons. The van der Waals surface area contributed by atoms with Gasteiger partial charge in [0.15, 0.2) is 0 Å². The van der Waals surface area contributed by atoms with E-state index in [1.165, 1.54) is 11.3 Å². The Balaban J connectivity index is 2.83. The Bertz CT molecular complexity index is 346. The van der Waals surface area contributed by atoms with E-state index in [0.717, 1.165) is 5.56 Å². The number of carbonyl (C=O) groups excluding carboxylic acids is 2. The zero-order valence-electron chi connectivity index (χ0n) is 7.58. The van der Waals surface area contributed by atoms with Crippen LogP contribution in [0.15, 0.2) is 11.4 Å². The number of halogens is 1. The first-order valence-electron chi connectivity index (χ1n) is 4.04. The number of thiophene rings is 1. The summed E-state index contributed by atoms with van der Waals surface area (Å²) in [4.78, 5) is 23.1. The number of alkyl halides is 1. The third kappa shape index (κ3) is 2.42. The first-order valence-corrected chi connectivity index (χ1v) is 6.04. The van der Waals surface area contributed by atoms with E-state index < -0.39 is 11.8 Å². The molecule has 0 fully saturated rings. The molecule has 0 atom stereocenters. The predicted molar refractivity (Wildman–Crippen MR) is 57.9 cm³/mol. The van der Waals surface area contributed by atoms with E-state index in [1.807, 2.05) is 6.07 Å². The molecule has 76 valence electrons. The van der Waals surface area contributed by atoms with Crippen LogP contribution >= 0.6 is 27.3 Å². The van der Waals surface area contributed by atoms with Gasteiger partial charge in [-0.15, -0.1) is 11.3 Å². The summed E-state index contributed by atoms with van der Waals surface area (Å²) in [6, 6.07) is 1.81. The molecule has 0 bridgehead atoms. The van der Waals surface area contributed by atoms with Gasteiger partial charge >= 0.3 is 5.97 Å². The van der Waals surface area contributed by atoms with Crippen molar-refractivity contribution in [1.29, 1.82) is 0 Å². The van der Waals surface area contributed by atoms with Crippen molar-refractivity contribution in [3.05, 3.63) is 21.9 Å². The van der Waals surface area contributed by atoms with E-state index in [2.05, 4.69) is 20.7 Å². The Morgan fingerprint density at radius 1 is 1.57 bits per heavy atom. The third-order valence-corrected chi connectivity index (χ3v) is 3.12. The molecule has 0 spiro atoms. The van der Waals surface area contributed by atoms with Crippen molar-refractivity contribution in [3.63, 3.8) is 0 Å². The van der Waals surface area contributed by atoms with Crippen LogP contribution in [0.2, 0.25) is 0 Å². The van der Waals surface area contributed by atoms with Gasteiger partial charge in [0.2, 0.25) is 0 Å².